The van der Waals surface area contributed by atoms with Crippen LogP contribution in [-0.4, -0.2) is 6.36 Å². The largest absolute Gasteiger partial charge is 0.573 e. The fourth-order valence-electron chi connectivity index (χ4n) is 1.60. The Balaban J connectivity index is 3.09. The summed E-state index contributed by atoms with van der Waals surface area (Å²) in [4.78, 5) is 0. The molecule has 0 aliphatic rings. The molecule has 0 radical (unpaired) electrons. The minimum atomic E-state index is -4.70. The van der Waals surface area contributed by atoms with Crippen molar-refractivity contribution >= 4 is 0 Å². The van der Waals surface area contributed by atoms with E-state index < -0.39 is 12.4 Å². The zero-order valence-electron chi connectivity index (χ0n) is 10.7. The van der Waals surface area contributed by atoms with Gasteiger partial charge >= 0.3 is 6.36 Å². The van der Waals surface area contributed by atoms with Crippen molar-refractivity contribution in [2.75, 3.05) is 0 Å². The molecule has 1 unspecified atom stereocenters. The van der Waals surface area contributed by atoms with Crippen molar-refractivity contribution in [2.45, 2.75) is 39.6 Å². The summed E-state index contributed by atoms with van der Waals surface area (Å²) in [7, 11) is 0. The Labute approximate surface area is 105 Å². The van der Waals surface area contributed by atoms with Gasteiger partial charge in [0.05, 0.1) is 0 Å². The minimum Gasteiger partial charge on any atom is -0.405 e. The average Bonchev–Trinajstić information content (AvgIpc) is 2.26. The second kappa shape index (κ2) is 5.18. The van der Waals surface area contributed by atoms with Gasteiger partial charge in [0.15, 0.2) is 0 Å². The van der Waals surface area contributed by atoms with E-state index in [-0.39, 0.29) is 11.2 Å². The average molecular weight is 261 g/mol. The third-order valence-corrected chi connectivity index (χ3v) is 3.23. The van der Waals surface area contributed by atoms with Crippen LogP contribution in [0.1, 0.15) is 38.8 Å². The van der Waals surface area contributed by atoms with Crippen molar-refractivity contribution in [1.29, 1.82) is 0 Å². The van der Waals surface area contributed by atoms with Crippen molar-refractivity contribution < 1.29 is 17.9 Å². The van der Waals surface area contributed by atoms with Gasteiger partial charge in [-0.15, -0.1) is 13.2 Å². The van der Waals surface area contributed by atoms with Crippen molar-refractivity contribution in [1.82, 2.24) is 0 Å². The van der Waals surface area contributed by atoms with Crippen LogP contribution < -0.4 is 10.5 Å². The van der Waals surface area contributed by atoms with Crippen LogP contribution in [0.5, 0.6) is 5.75 Å². The highest BCUT2D eigenvalue weighted by Crippen LogP contribution is 2.39. The lowest BCUT2D eigenvalue weighted by atomic mass is 9.78. The Morgan fingerprint density at radius 3 is 2.28 bits per heavy atom. The van der Waals surface area contributed by atoms with Gasteiger partial charge in [-0.1, -0.05) is 39.0 Å². The van der Waals surface area contributed by atoms with Crippen LogP contribution in [0.4, 0.5) is 13.2 Å². The molecule has 18 heavy (non-hydrogen) atoms. The van der Waals surface area contributed by atoms with Crippen LogP contribution in [0.25, 0.3) is 0 Å². The fourth-order valence-corrected chi connectivity index (χ4v) is 1.60. The van der Waals surface area contributed by atoms with Crippen LogP contribution in [0.15, 0.2) is 24.3 Å². The number of ether oxygens (including phenoxy) is 1. The van der Waals surface area contributed by atoms with Crippen molar-refractivity contribution in [3.63, 3.8) is 0 Å². The number of hydrogen-bond acceptors (Lipinski definition) is 2. The second-order valence-corrected chi connectivity index (χ2v) is 4.91. The van der Waals surface area contributed by atoms with Crippen LogP contribution in [-0.2, 0) is 0 Å². The van der Waals surface area contributed by atoms with Crippen molar-refractivity contribution in [3.8, 4) is 5.75 Å². The lowest BCUT2D eigenvalue weighted by molar-refractivity contribution is -0.275. The van der Waals surface area contributed by atoms with E-state index >= 15 is 0 Å². The zero-order chi connectivity index (χ0) is 14.0. The molecule has 0 saturated carbocycles. The molecule has 1 aromatic rings. The highest BCUT2D eigenvalue weighted by Gasteiger charge is 2.34. The SMILES string of the molecule is CCC(C)(C)C(N)c1ccccc1OC(F)(F)F. The third-order valence-electron chi connectivity index (χ3n) is 3.23. The molecule has 102 valence electrons. The first-order chi connectivity index (χ1) is 8.17. The van der Waals surface area contributed by atoms with E-state index in [1.165, 1.54) is 12.1 Å². The molecule has 2 nitrogen and oxygen atoms in total. The van der Waals surface area contributed by atoms with Gasteiger partial charge in [-0.25, -0.2) is 0 Å². The summed E-state index contributed by atoms with van der Waals surface area (Å²) < 4.78 is 40.9. The standard InChI is InChI=1S/C13H18F3NO/c1-4-12(2,3)11(17)9-7-5-6-8-10(9)18-13(14,15)16/h5-8,11H,4,17H2,1-3H3. The minimum absolute atomic E-state index is 0.223. The van der Waals surface area contributed by atoms with E-state index in [4.69, 9.17) is 5.73 Å². The lowest BCUT2D eigenvalue weighted by Gasteiger charge is -2.31. The summed E-state index contributed by atoms with van der Waals surface area (Å²) in [5.41, 5.74) is 6.13. The first kappa shape index (κ1) is 14.8. The highest BCUT2D eigenvalue weighted by molar-refractivity contribution is 5.36. The Kier molecular flexibility index (Phi) is 4.27. The molecule has 0 aliphatic heterocycles. The molecule has 2 N–H and O–H groups in total. The van der Waals surface area contributed by atoms with Gasteiger partial charge in [-0.2, -0.15) is 0 Å². The number of benzene rings is 1. The number of alkyl halides is 3. The molecular formula is C13H18F3NO. The van der Waals surface area contributed by atoms with Gasteiger partial charge < -0.3 is 10.5 Å². The summed E-state index contributed by atoms with van der Waals surface area (Å²) in [6.07, 6.45) is -3.94. The van der Waals surface area contributed by atoms with Crippen LogP contribution in [0.3, 0.4) is 0 Å². The Morgan fingerprint density at radius 2 is 1.78 bits per heavy atom. The smallest absolute Gasteiger partial charge is 0.405 e. The number of halogens is 3. The Morgan fingerprint density at radius 1 is 1.22 bits per heavy atom. The maximum absolute atomic E-state index is 12.3. The molecule has 0 aliphatic carbocycles. The van der Waals surface area contributed by atoms with Gasteiger partial charge in [0.25, 0.3) is 0 Å². The molecule has 0 aromatic heterocycles. The van der Waals surface area contributed by atoms with Gasteiger partial charge in [0, 0.05) is 11.6 Å². The number of rotatable bonds is 4. The number of nitrogens with two attached hydrogens (primary N) is 1. The summed E-state index contributed by atoms with van der Waals surface area (Å²) in [6, 6.07) is 5.50. The predicted octanol–water partition coefficient (Wildman–Crippen LogP) is 4.02. The van der Waals surface area contributed by atoms with Crippen molar-refractivity contribution in [3.05, 3.63) is 29.8 Å². The third kappa shape index (κ3) is 3.63. The van der Waals surface area contributed by atoms with Gasteiger partial charge in [0.2, 0.25) is 0 Å². The van der Waals surface area contributed by atoms with E-state index in [1.807, 2.05) is 20.8 Å². The van der Waals surface area contributed by atoms with Crippen LogP contribution >= 0.6 is 0 Å². The Hall–Kier alpha value is -1.23. The van der Waals surface area contributed by atoms with Gasteiger partial charge in [-0.3, -0.25) is 0 Å². The molecule has 0 fully saturated rings. The maximum Gasteiger partial charge on any atom is 0.573 e. The van der Waals surface area contributed by atoms with Crippen LogP contribution in [0, 0.1) is 5.41 Å². The molecule has 0 amide bonds. The molecule has 0 bridgehead atoms. The lowest BCUT2D eigenvalue weighted by Crippen LogP contribution is -2.30. The van der Waals surface area contributed by atoms with Gasteiger partial charge in [-0.05, 0) is 17.9 Å². The van der Waals surface area contributed by atoms with E-state index in [0.29, 0.717) is 5.56 Å². The topological polar surface area (TPSA) is 35.2 Å². The monoisotopic (exact) mass is 261 g/mol. The fraction of sp³-hybridized carbons (Fsp3) is 0.538. The summed E-state index contributed by atoms with van der Waals surface area (Å²) in [5.74, 6) is -0.223. The van der Waals surface area contributed by atoms with E-state index in [9.17, 15) is 13.2 Å². The molecule has 1 aromatic carbocycles. The summed E-state index contributed by atoms with van der Waals surface area (Å²) in [5, 5.41) is 0. The van der Waals surface area contributed by atoms with Crippen LogP contribution in [0.2, 0.25) is 0 Å². The quantitative estimate of drug-likeness (QED) is 0.888. The molecule has 0 spiro atoms. The van der Waals surface area contributed by atoms with E-state index in [0.717, 1.165) is 6.42 Å². The zero-order valence-corrected chi connectivity index (χ0v) is 10.7. The second-order valence-electron chi connectivity index (χ2n) is 4.91. The molecule has 1 atom stereocenters. The van der Waals surface area contributed by atoms with E-state index in [2.05, 4.69) is 4.74 Å². The Bertz CT molecular complexity index is 401. The molecule has 1 rings (SSSR count). The molecule has 5 heteroatoms. The number of hydrogen-bond donors (Lipinski definition) is 1. The van der Waals surface area contributed by atoms with E-state index in [1.54, 1.807) is 12.1 Å². The predicted molar refractivity (Wildman–Crippen MR) is 64.1 cm³/mol. The van der Waals surface area contributed by atoms with Crippen molar-refractivity contribution in [2.24, 2.45) is 11.1 Å². The molecule has 0 heterocycles. The summed E-state index contributed by atoms with van der Waals surface area (Å²) >= 11 is 0. The first-order valence-electron chi connectivity index (χ1n) is 5.77. The number of para-hydroxylation sites is 1. The first-order valence-corrected chi connectivity index (χ1v) is 5.77. The molecule has 0 saturated heterocycles. The maximum atomic E-state index is 12.3. The summed E-state index contributed by atoms with van der Waals surface area (Å²) in [6.45, 7) is 5.79. The normalized spacial score (nSPS) is 14.4. The van der Waals surface area contributed by atoms with Gasteiger partial charge in [0.1, 0.15) is 5.75 Å². The molecular weight excluding hydrogens is 243 g/mol. The highest BCUT2D eigenvalue weighted by atomic mass is 19.4.